The van der Waals surface area contributed by atoms with Gasteiger partial charge in [-0.2, -0.15) is 0 Å². The van der Waals surface area contributed by atoms with Crippen LogP contribution in [0.1, 0.15) is 22.3 Å². The molecular formula is C21H20F3N5O6. The van der Waals surface area contributed by atoms with Crippen molar-refractivity contribution in [2.24, 2.45) is 0 Å². The molecule has 1 aliphatic rings. The number of hydrogen-bond acceptors (Lipinski definition) is 7. The molecule has 2 aromatic heterocycles. The number of aliphatic hydroxyl groups is 2. The molecule has 35 heavy (non-hydrogen) atoms. The van der Waals surface area contributed by atoms with E-state index in [0.29, 0.717) is 0 Å². The van der Waals surface area contributed by atoms with Gasteiger partial charge in [0.25, 0.3) is 5.91 Å². The fraction of sp³-hybridized carbons (Fsp3) is 0.333. The molecule has 3 heterocycles. The number of hydrogen-bond donors (Lipinski definition) is 3. The third kappa shape index (κ3) is 5.27. The highest BCUT2D eigenvalue weighted by Gasteiger charge is 2.34. The normalized spacial score (nSPS) is 16.2. The van der Waals surface area contributed by atoms with E-state index >= 15 is 0 Å². The zero-order valence-corrected chi connectivity index (χ0v) is 18.0. The number of fused-ring (bicyclic) bond motifs is 1. The number of aromatic nitrogens is 3. The van der Waals surface area contributed by atoms with Gasteiger partial charge in [0, 0.05) is 30.1 Å². The maximum Gasteiger partial charge on any atom is 0.573 e. The van der Waals surface area contributed by atoms with Crippen LogP contribution in [-0.2, 0) is 17.9 Å². The number of β-amino-alcohol motifs (C(OH)–C–C–N with tert-alkyl or cyclic N) is 1. The minimum absolute atomic E-state index is 0.0133. The number of pyridine rings is 1. The molecule has 1 aromatic carbocycles. The van der Waals surface area contributed by atoms with Gasteiger partial charge in [-0.15, -0.1) is 18.3 Å². The topological polar surface area (TPSA) is 138 Å². The number of ether oxygens (including phenoxy) is 1. The quantitative estimate of drug-likeness (QED) is 0.432. The molecule has 2 amide bonds. The molecular weight excluding hydrogens is 475 g/mol. The summed E-state index contributed by atoms with van der Waals surface area (Å²) in [6.07, 6.45) is -4.85. The number of aliphatic hydroxyl groups excluding tert-OH is 2. The molecule has 1 atom stereocenters. The van der Waals surface area contributed by atoms with Gasteiger partial charge in [0.15, 0.2) is 5.65 Å². The van der Waals surface area contributed by atoms with Crippen LogP contribution in [0.5, 0.6) is 5.75 Å². The van der Waals surface area contributed by atoms with Crippen LogP contribution in [0.25, 0.3) is 5.65 Å². The molecule has 1 saturated heterocycles. The van der Waals surface area contributed by atoms with Crippen LogP contribution in [0, 0.1) is 0 Å². The molecule has 0 aliphatic carbocycles. The molecule has 4 rings (SSSR count). The fourth-order valence-corrected chi connectivity index (χ4v) is 3.69. The van der Waals surface area contributed by atoms with Gasteiger partial charge in [0.2, 0.25) is 5.91 Å². The van der Waals surface area contributed by atoms with Gasteiger partial charge >= 0.3 is 12.1 Å². The second-order valence-corrected chi connectivity index (χ2v) is 7.76. The minimum Gasteiger partial charge on any atom is -0.405 e. The molecule has 0 unspecified atom stereocenters. The van der Waals surface area contributed by atoms with Gasteiger partial charge in [-0.3, -0.25) is 9.59 Å². The van der Waals surface area contributed by atoms with E-state index in [9.17, 15) is 32.7 Å². The summed E-state index contributed by atoms with van der Waals surface area (Å²) < 4.78 is 45.2. The number of nitrogens with one attached hydrogen (secondary N) is 1. The maximum atomic E-state index is 13.0. The maximum absolute atomic E-state index is 13.0. The number of carbonyl (C=O) groups is 2. The van der Waals surface area contributed by atoms with Crippen molar-refractivity contribution in [3.05, 3.63) is 58.1 Å². The van der Waals surface area contributed by atoms with Crippen LogP contribution in [0.3, 0.4) is 0 Å². The van der Waals surface area contributed by atoms with Crippen molar-refractivity contribution in [2.45, 2.75) is 32.0 Å². The Morgan fingerprint density at radius 3 is 2.66 bits per heavy atom. The SMILES string of the molecule is O=C(NCc1ccc(N2C[C@@H](O)CC2=O)cc1OC(F)(F)F)c1ccc2nn(CCO)c(=O)n2c1. The Balaban J connectivity index is 1.55. The number of benzene rings is 1. The number of halogens is 3. The van der Waals surface area contributed by atoms with Crippen LogP contribution in [0.2, 0.25) is 0 Å². The summed E-state index contributed by atoms with van der Waals surface area (Å²) >= 11 is 0. The van der Waals surface area contributed by atoms with Gasteiger partial charge in [-0.25, -0.2) is 13.9 Å². The first-order valence-electron chi connectivity index (χ1n) is 10.4. The first-order valence-corrected chi connectivity index (χ1v) is 10.4. The van der Waals surface area contributed by atoms with Crippen molar-refractivity contribution in [2.75, 3.05) is 18.1 Å². The van der Waals surface area contributed by atoms with E-state index in [1.807, 2.05) is 0 Å². The van der Waals surface area contributed by atoms with Gasteiger partial charge in [-0.1, -0.05) is 6.07 Å². The zero-order chi connectivity index (χ0) is 25.3. The largest absolute Gasteiger partial charge is 0.573 e. The van der Waals surface area contributed by atoms with Gasteiger partial charge in [0.05, 0.1) is 37.8 Å². The van der Waals surface area contributed by atoms with Crippen LogP contribution in [-0.4, -0.2) is 61.8 Å². The van der Waals surface area contributed by atoms with E-state index in [0.717, 1.165) is 20.0 Å². The highest BCUT2D eigenvalue weighted by atomic mass is 19.4. The van der Waals surface area contributed by atoms with Crippen LogP contribution < -0.4 is 20.6 Å². The average Bonchev–Trinajstić information content (AvgIpc) is 3.29. The van der Waals surface area contributed by atoms with Crippen LogP contribution in [0.4, 0.5) is 18.9 Å². The fourth-order valence-electron chi connectivity index (χ4n) is 3.69. The number of rotatable bonds is 7. The van der Waals surface area contributed by atoms with E-state index < -0.39 is 35.7 Å². The summed E-state index contributed by atoms with van der Waals surface area (Å²) in [6.45, 7) is -0.734. The predicted molar refractivity (Wildman–Crippen MR) is 114 cm³/mol. The molecule has 0 bridgehead atoms. The molecule has 1 aliphatic heterocycles. The van der Waals surface area contributed by atoms with Crippen molar-refractivity contribution >= 4 is 23.1 Å². The highest BCUT2D eigenvalue weighted by Crippen LogP contribution is 2.32. The summed E-state index contributed by atoms with van der Waals surface area (Å²) in [5, 5.41) is 25.1. The van der Waals surface area contributed by atoms with Gasteiger partial charge in [0.1, 0.15) is 5.75 Å². The lowest BCUT2D eigenvalue weighted by Gasteiger charge is -2.20. The molecule has 0 saturated carbocycles. The molecule has 186 valence electrons. The van der Waals surface area contributed by atoms with E-state index in [-0.39, 0.29) is 55.1 Å². The van der Waals surface area contributed by atoms with Crippen molar-refractivity contribution < 1.29 is 37.7 Å². The van der Waals surface area contributed by atoms with Crippen LogP contribution >= 0.6 is 0 Å². The van der Waals surface area contributed by atoms with Gasteiger partial charge in [-0.05, 0) is 18.2 Å². The third-order valence-corrected chi connectivity index (χ3v) is 5.28. The van der Waals surface area contributed by atoms with E-state index in [1.54, 1.807) is 0 Å². The Bertz CT molecular complexity index is 1340. The number of alkyl halides is 3. The Labute approximate surface area is 194 Å². The first-order chi connectivity index (χ1) is 16.6. The van der Waals surface area contributed by atoms with Crippen molar-refractivity contribution in [3.63, 3.8) is 0 Å². The Morgan fingerprint density at radius 1 is 1.23 bits per heavy atom. The van der Waals surface area contributed by atoms with Crippen molar-refractivity contribution in [1.29, 1.82) is 0 Å². The van der Waals surface area contributed by atoms with Crippen molar-refractivity contribution in [1.82, 2.24) is 19.5 Å². The summed E-state index contributed by atoms with van der Waals surface area (Å²) in [4.78, 5) is 38.1. The Hall–Kier alpha value is -3.91. The monoisotopic (exact) mass is 495 g/mol. The molecule has 3 aromatic rings. The third-order valence-electron chi connectivity index (χ3n) is 5.28. The lowest BCUT2D eigenvalue weighted by molar-refractivity contribution is -0.274. The molecule has 1 fully saturated rings. The second-order valence-electron chi connectivity index (χ2n) is 7.76. The Kier molecular flexibility index (Phi) is 6.49. The van der Waals surface area contributed by atoms with E-state index in [2.05, 4.69) is 15.2 Å². The highest BCUT2D eigenvalue weighted by molar-refractivity contribution is 5.96. The summed E-state index contributed by atoms with van der Waals surface area (Å²) in [5.74, 6) is -1.72. The van der Waals surface area contributed by atoms with Gasteiger partial charge < -0.3 is 25.2 Å². The second kappa shape index (κ2) is 9.38. The molecule has 14 heteroatoms. The lowest BCUT2D eigenvalue weighted by atomic mass is 10.1. The lowest BCUT2D eigenvalue weighted by Crippen LogP contribution is -2.27. The summed E-state index contributed by atoms with van der Waals surface area (Å²) in [5.41, 5.74) is -0.166. The molecule has 0 spiro atoms. The predicted octanol–water partition coefficient (Wildman–Crippen LogP) is 0.414. The molecule has 3 N–H and O–H groups in total. The smallest absolute Gasteiger partial charge is 0.405 e. The molecule has 11 nitrogen and oxygen atoms in total. The number of nitrogens with zero attached hydrogens (tertiary/aromatic N) is 4. The Morgan fingerprint density at radius 2 is 2.00 bits per heavy atom. The zero-order valence-electron chi connectivity index (χ0n) is 18.0. The minimum atomic E-state index is -5.02. The summed E-state index contributed by atoms with van der Waals surface area (Å²) in [6, 6.07) is 6.49. The number of anilines is 1. The first kappa shape index (κ1) is 24.2. The molecule has 0 radical (unpaired) electrons. The number of carbonyl (C=O) groups excluding carboxylic acids is 2. The van der Waals surface area contributed by atoms with E-state index in [4.69, 9.17) is 5.11 Å². The average molecular weight is 495 g/mol. The summed E-state index contributed by atoms with van der Waals surface area (Å²) in [7, 11) is 0. The standard InChI is InChI=1S/C21H20F3N5O6/c22-21(23,24)35-16-7-14(27-11-15(31)8-18(27)32)3-1-12(16)9-25-19(33)13-2-4-17-26-29(5-6-30)20(34)28(17)10-13/h1-4,7,10,15,30-31H,5-6,8-9,11H2,(H,25,33)/t15-/m0/s1. The van der Waals surface area contributed by atoms with E-state index in [1.165, 1.54) is 30.5 Å². The van der Waals surface area contributed by atoms with Crippen LogP contribution in [0.15, 0.2) is 41.3 Å². The van der Waals surface area contributed by atoms with Crippen molar-refractivity contribution in [3.8, 4) is 5.75 Å². The number of amides is 2.